The number of rotatable bonds is 0. The molecule has 0 spiro atoms. The second-order valence-corrected chi connectivity index (χ2v) is 2.78. The van der Waals surface area contributed by atoms with Crippen molar-refractivity contribution < 1.29 is 5.11 Å². The first-order valence-electron chi connectivity index (χ1n) is 2.20. The van der Waals surface area contributed by atoms with Crippen molar-refractivity contribution in [3.05, 3.63) is 21.8 Å². The molecule has 1 N–H and O–H groups in total. The van der Waals surface area contributed by atoms with E-state index in [9.17, 15) is 0 Å². The summed E-state index contributed by atoms with van der Waals surface area (Å²) in [5.41, 5.74) is 0. The van der Waals surface area contributed by atoms with Gasteiger partial charge in [-0.3, -0.25) is 0 Å². The summed E-state index contributed by atoms with van der Waals surface area (Å²) in [6, 6.07) is 1.57. The minimum absolute atomic E-state index is 0.139. The van der Waals surface area contributed by atoms with Crippen molar-refractivity contribution in [1.82, 2.24) is 4.98 Å². The summed E-state index contributed by atoms with van der Waals surface area (Å²) < 4.78 is 0.755. The molecule has 0 aliphatic carbocycles. The molecule has 1 aromatic heterocycles. The Bertz CT molecular complexity index is 228. The maximum absolute atomic E-state index is 8.78. The monoisotopic (exact) mass is 207 g/mol. The number of pyridine rings is 1. The van der Waals surface area contributed by atoms with E-state index < -0.39 is 0 Å². The molecule has 0 amide bonds. The average Bonchev–Trinajstić information content (AvgIpc) is 1.80. The van der Waals surface area contributed by atoms with Gasteiger partial charge in [-0.1, -0.05) is 11.6 Å². The second-order valence-electron chi connectivity index (χ2n) is 1.46. The number of hydrogen-bond acceptors (Lipinski definition) is 2. The molecule has 0 fully saturated rings. The summed E-state index contributed by atoms with van der Waals surface area (Å²) in [5, 5.41) is 9.03. The van der Waals surface area contributed by atoms with E-state index in [0.29, 0.717) is 0 Å². The van der Waals surface area contributed by atoms with Gasteiger partial charge in [-0.25, -0.2) is 4.98 Å². The summed E-state index contributed by atoms with van der Waals surface area (Å²) in [6.45, 7) is 0. The lowest BCUT2D eigenvalue weighted by Crippen LogP contribution is -1.73. The molecule has 0 unspecified atom stereocenters. The quantitative estimate of drug-likeness (QED) is 0.709. The van der Waals surface area contributed by atoms with Gasteiger partial charge in [0.1, 0.15) is 5.02 Å². The molecule has 0 aliphatic heterocycles. The van der Waals surface area contributed by atoms with E-state index >= 15 is 0 Å². The Hall–Kier alpha value is -0.280. The minimum atomic E-state index is -0.139. The molecule has 0 aromatic carbocycles. The maximum Gasteiger partial charge on any atom is 0.230 e. The highest BCUT2D eigenvalue weighted by molar-refractivity contribution is 9.10. The molecule has 4 heteroatoms. The first-order chi connectivity index (χ1) is 4.20. The van der Waals surface area contributed by atoms with Crippen molar-refractivity contribution >= 4 is 27.5 Å². The topological polar surface area (TPSA) is 33.1 Å². The van der Waals surface area contributed by atoms with Gasteiger partial charge >= 0.3 is 0 Å². The molecule has 0 radical (unpaired) electrons. The fraction of sp³-hybridized carbons (Fsp3) is 0. The number of nitrogens with zero attached hydrogens (tertiary/aromatic N) is 1. The zero-order valence-corrected chi connectivity index (χ0v) is 6.65. The Balaban J connectivity index is 3.17. The van der Waals surface area contributed by atoms with E-state index in [1.807, 2.05) is 0 Å². The highest BCUT2D eigenvalue weighted by Crippen LogP contribution is 2.22. The summed E-state index contributed by atoms with van der Waals surface area (Å²) in [6.07, 6.45) is 1.47. The molecule has 0 aliphatic rings. The van der Waals surface area contributed by atoms with Crippen LogP contribution in [-0.4, -0.2) is 10.1 Å². The van der Waals surface area contributed by atoms with Gasteiger partial charge in [0.05, 0.1) is 0 Å². The molecule has 9 heavy (non-hydrogen) atoms. The van der Waals surface area contributed by atoms with E-state index in [1.165, 1.54) is 6.20 Å². The highest BCUT2D eigenvalue weighted by Gasteiger charge is 1.97. The van der Waals surface area contributed by atoms with E-state index in [1.54, 1.807) is 6.07 Å². The number of aromatic nitrogens is 1. The van der Waals surface area contributed by atoms with E-state index in [0.717, 1.165) is 4.47 Å². The van der Waals surface area contributed by atoms with Gasteiger partial charge in [-0.2, -0.15) is 0 Å². The van der Waals surface area contributed by atoms with Crippen molar-refractivity contribution in [1.29, 1.82) is 0 Å². The summed E-state index contributed by atoms with van der Waals surface area (Å²) in [5.74, 6) is -0.139. The fourth-order valence-electron chi connectivity index (χ4n) is 0.407. The minimum Gasteiger partial charge on any atom is -0.492 e. The van der Waals surface area contributed by atoms with Crippen LogP contribution in [0, 0.1) is 0 Å². The van der Waals surface area contributed by atoms with E-state index in [-0.39, 0.29) is 10.9 Å². The van der Waals surface area contributed by atoms with Crippen LogP contribution < -0.4 is 0 Å². The maximum atomic E-state index is 8.78. The van der Waals surface area contributed by atoms with E-state index in [4.69, 9.17) is 16.7 Å². The third kappa shape index (κ3) is 1.56. The molecular formula is C5H3BrClNO. The second kappa shape index (κ2) is 2.54. The smallest absolute Gasteiger partial charge is 0.230 e. The standard InChI is InChI=1S/C5H3BrClNO/c6-3-1-4(7)5(9)8-2-3/h1-2H,(H,8,9). The van der Waals surface area contributed by atoms with Crippen LogP contribution >= 0.6 is 27.5 Å². The third-order valence-electron chi connectivity index (χ3n) is 0.788. The lowest BCUT2D eigenvalue weighted by atomic mass is 10.5. The molecule has 48 valence electrons. The van der Waals surface area contributed by atoms with E-state index in [2.05, 4.69) is 20.9 Å². The van der Waals surface area contributed by atoms with Gasteiger partial charge in [0.15, 0.2) is 0 Å². The molecule has 2 nitrogen and oxygen atoms in total. The van der Waals surface area contributed by atoms with Crippen LogP contribution in [-0.2, 0) is 0 Å². The summed E-state index contributed by atoms with van der Waals surface area (Å²) in [4.78, 5) is 3.55. The zero-order chi connectivity index (χ0) is 6.85. The lowest BCUT2D eigenvalue weighted by molar-refractivity contribution is 0.453. The normalized spacial score (nSPS) is 9.56. The van der Waals surface area contributed by atoms with Crippen LogP contribution in [0.5, 0.6) is 5.88 Å². The SMILES string of the molecule is Oc1ncc(Br)cc1Cl. The number of hydrogen-bond donors (Lipinski definition) is 1. The lowest BCUT2D eigenvalue weighted by Gasteiger charge is -1.92. The molecule has 0 bridgehead atoms. The van der Waals surface area contributed by atoms with Gasteiger partial charge in [0.2, 0.25) is 5.88 Å². The van der Waals surface area contributed by atoms with Crippen molar-refractivity contribution in [3.63, 3.8) is 0 Å². The van der Waals surface area contributed by atoms with Crippen molar-refractivity contribution in [2.75, 3.05) is 0 Å². The Morgan fingerprint density at radius 2 is 2.33 bits per heavy atom. The summed E-state index contributed by atoms with van der Waals surface area (Å²) in [7, 11) is 0. The van der Waals surface area contributed by atoms with Crippen LogP contribution in [0.15, 0.2) is 16.7 Å². The van der Waals surface area contributed by atoms with Crippen LogP contribution in [0.4, 0.5) is 0 Å². The average molecular weight is 208 g/mol. The molecule has 1 aromatic rings. The third-order valence-corrected chi connectivity index (χ3v) is 1.50. The molecule has 0 saturated heterocycles. The molecular weight excluding hydrogens is 205 g/mol. The van der Waals surface area contributed by atoms with Crippen LogP contribution in [0.3, 0.4) is 0 Å². The number of aromatic hydroxyl groups is 1. The van der Waals surface area contributed by atoms with Crippen molar-refractivity contribution in [2.24, 2.45) is 0 Å². The van der Waals surface area contributed by atoms with Crippen LogP contribution in [0.2, 0.25) is 5.02 Å². The number of halogens is 2. The predicted molar refractivity (Wildman–Crippen MR) is 38.6 cm³/mol. The fourth-order valence-corrected chi connectivity index (χ4v) is 1.04. The van der Waals surface area contributed by atoms with Crippen molar-refractivity contribution in [3.8, 4) is 5.88 Å². The Labute approximate surface area is 65.6 Å². The zero-order valence-electron chi connectivity index (χ0n) is 4.31. The molecule has 1 rings (SSSR count). The van der Waals surface area contributed by atoms with Gasteiger partial charge in [0, 0.05) is 10.7 Å². The Kier molecular flexibility index (Phi) is 1.93. The largest absolute Gasteiger partial charge is 0.492 e. The van der Waals surface area contributed by atoms with Crippen LogP contribution in [0.1, 0.15) is 0 Å². The molecule has 0 saturated carbocycles. The first-order valence-corrected chi connectivity index (χ1v) is 3.37. The van der Waals surface area contributed by atoms with Gasteiger partial charge in [-0.15, -0.1) is 0 Å². The molecule has 0 atom stereocenters. The van der Waals surface area contributed by atoms with Crippen molar-refractivity contribution in [2.45, 2.75) is 0 Å². The Morgan fingerprint density at radius 1 is 1.67 bits per heavy atom. The van der Waals surface area contributed by atoms with Gasteiger partial charge in [0.25, 0.3) is 0 Å². The van der Waals surface area contributed by atoms with Gasteiger partial charge in [-0.05, 0) is 22.0 Å². The first kappa shape index (κ1) is 6.83. The highest BCUT2D eigenvalue weighted by atomic mass is 79.9. The molecule has 1 heterocycles. The Morgan fingerprint density at radius 3 is 2.78 bits per heavy atom. The summed E-state index contributed by atoms with van der Waals surface area (Å²) >= 11 is 8.61. The van der Waals surface area contributed by atoms with Gasteiger partial charge < -0.3 is 5.11 Å². The van der Waals surface area contributed by atoms with Crippen LogP contribution in [0.25, 0.3) is 0 Å². The predicted octanol–water partition coefficient (Wildman–Crippen LogP) is 2.20.